The number of thiophene rings is 1. The Morgan fingerprint density at radius 2 is 1.93 bits per heavy atom. The number of nitrogens with two attached hydrogens (primary N) is 1. The van der Waals surface area contributed by atoms with Crippen LogP contribution in [0.15, 0.2) is 18.3 Å². The van der Waals surface area contributed by atoms with E-state index in [0.29, 0.717) is 12.1 Å². The Morgan fingerprint density at radius 3 is 2.45 bits per heavy atom. The third kappa shape index (κ3) is 5.48. The van der Waals surface area contributed by atoms with Crippen molar-refractivity contribution in [2.24, 2.45) is 5.73 Å². The number of nitrogens with one attached hydrogen (secondary N) is 1. The number of carbonyl (C=O) groups is 1. The molecule has 0 aliphatic rings. The van der Waals surface area contributed by atoms with Gasteiger partial charge in [-0.3, -0.25) is 4.79 Å². The van der Waals surface area contributed by atoms with Gasteiger partial charge >= 0.3 is 0 Å². The van der Waals surface area contributed by atoms with Gasteiger partial charge in [0.15, 0.2) is 5.65 Å². The highest BCUT2D eigenvalue weighted by Gasteiger charge is 2.21. The Balaban J connectivity index is 0.00000210. The maximum Gasteiger partial charge on any atom is 0.252 e. The molecule has 3 aromatic heterocycles. The maximum absolute atomic E-state index is 12.9. The summed E-state index contributed by atoms with van der Waals surface area (Å²) in [6, 6.07) is 4.13. The number of aryl methyl sites for hydroxylation is 2. The van der Waals surface area contributed by atoms with Gasteiger partial charge in [0.2, 0.25) is 0 Å². The Bertz CT molecular complexity index is 1000. The molecule has 1 amide bonds. The van der Waals surface area contributed by atoms with Crippen LogP contribution in [-0.4, -0.2) is 32.8 Å². The smallest absolute Gasteiger partial charge is 0.252 e. The summed E-state index contributed by atoms with van der Waals surface area (Å²) >= 11 is 1.73. The Hall–Kier alpha value is -1.67. The highest BCUT2D eigenvalue weighted by Crippen LogP contribution is 2.32. The van der Waals surface area contributed by atoms with Crippen molar-refractivity contribution >= 4 is 53.1 Å². The van der Waals surface area contributed by atoms with Crippen LogP contribution in [0.25, 0.3) is 22.3 Å². The zero-order valence-corrected chi connectivity index (χ0v) is 20.0. The second-order valence-electron chi connectivity index (χ2n) is 7.97. The second kappa shape index (κ2) is 9.43. The molecule has 3 heterocycles. The molecule has 0 saturated heterocycles. The summed E-state index contributed by atoms with van der Waals surface area (Å²) < 4.78 is 1.86. The highest BCUT2D eigenvalue weighted by molar-refractivity contribution is 7.12. The van der Waals surface area contributed by atoms with E-state index in [1.165, 1.54) is 9.75 Å². The molecule has 0 fully saturated rings. The number of carbonyl (C=O) groups excluding carboxylic acids is 1. The standard InChI is InChI=1S/C20H27N5OS.2ClH/c1-11(2)25-18-16(9-23-25)15(19(26)22-10-20(5,6)21)8-17(24-18)14-7-12(3)27-13(14)4;;/h7-9,11H,10,21H2,1-6H3,(H,22,26);2*1H. The van der Waals surface area contributed by atoms with Gasteiger partial charge in [0.05, 0.1) is 22.8 Å². The molecule has 0 aliphatic heterocycles. The van der Waals surface area contributed by atoms with Crippen LogP contribution in [0.2, 0.25) is 0 Å². The van der Waals surface area contributed by atoms with Gasteiger partial charge in [0.1, 0.15) is 0 Å². The number of rotatable bonds is 5. The Kier molecular flexibility index (Phi) is 8.25. The fourth-order valence-electron chi connectivity index (χ4n) is 3.01. The van der Waals surface area contributed by atoms with Crippen LogP contribution < -0.4 is 11.1 Å². The van der Waals surface area contributed by atoms with Crippen LogP contribution in [0.5, 0.6) is 0 Å². The summed E-state index contributed by atoms with van der Waals surface area (Å²) in [6.07, 6.45) is 1.72. The normalized spacial score (nSPS) is 11.3. The first-order valence-corrected chi connectivity index (χ1v) is 9.91. The van der Waals surface area contributed by atoms with E-state index >= 15 is 0 Å². The quantitative estimate of drug-likeness (QED) is 0.582. The lowest BCUT2D eigenvalue weighted by atomic mass is 10.1. The number of halogens is 2. The predicted molar refractivity (Wildman–Crippen MR) is 126 cm³/mol. The summed E-state index contributed by atoms with van der Waals surface area (Å²) in [4.78, 5) is 20.2. The van der Waals surface area contributed by atoms with Crippen molar-refractivity contribution in [3.8, 4) is 11.3 Å². The molecule has 3 rings (SSSR count). The van der Waals surface area contributed by atoms with E-state index in [-0.39, 0.29) is 36.8 Å². The maximum atomic E-state index is 12.9. The third-order valence-electron chi connectivity index (χ3n) is 4.32. The number of fused-ring (bicyclic) bond motifs is 1. The summed E-state index contributed by atoms with van der Waals surface area (Å²) in [5.41, 5.74) is 8.70. The first-order chi connectivity index (χ1) is 12.6. The van der Waals surface area contributed by atoms with Crippen LogP contribution in [0.4, 0.5) is 0 Å². The minimum absolute atomic E-state index is 0. The van der Waals surface area contributed by atoms with Crippen LogP contribution in [-0.2, 0) is 0 Å². The molecule has 3 aromatic rings. The summed E-state index contributed by atoms with van der Waals surface area (Å²) in [7, 11) is 0. The molecule has 29 heavy (non-hydrogen) atoms. The molecule has 3 N–H and O–H groups in total. The SMILES string of the molecule is Cc1cc(-c2cc(C(=O)NCC(C)(C)N)c3cnn(C(C)C)c3n2)c(C)s1.Cl.Cl. The average Bonchev–Trinajstić information content (AvgIpc) is 3.13. The van der Waals surface area contributed by atoms with Gasteiger partial charge in [0, 0.05) is 33.4 Å². The molecule has 0 aromatic carbocycles. The van der Waals surface area contributed by atoms with E-state index in [0.717, 1.165) is 22.3 Å². The summed E-state index contributed by atoms with van der Waals surface area (Å²) in [5, 5.41) is 8.16. The summed E-state index contributed by atoms with van der Waals surface area (Å²) in [5.74, 6) is -0.157. The molecule has 0 bridgehead atoms. The molecular formula is C20H29Cl2N5OS. The van der Waals surface area contributed by atoms with Gasteiger partial charge in [-0.15, -0.1) is 36.2 Å². The van der Waals surface area contributed by atoms with Gasteiger partial charge < -0.3 is 11.1 Å². The molecule has 0 saturated carbocycles. The van der Waals surface area contributed by atoms with Crippen molar-refractivity contribution in [3.63, 3.8) is 0 Å². The predicted octanol–water partition coefficient (Wildman–Crippen LogP) is 4.67. The van der Waals surface area contributed by atoms with Gasteiger partial charge in [-0.05, 0) is 53.7 Å². The minimum atomic E-state index is -0.478. The number of pyridine rings is 1. The average molecular weight is 458 g/mol. The van der Waals surface area contributed by atoms with Crippen molar-refractivity contribution in [1.82, 2.24) is 20.1 Å². The van der Waals surface area contributed by atoms with Crippen LogP contribution in [0.3, 0.4) is 0 Å². The van der Waals surface area contributed by atoms with E-state index < -0.39 is 5.54 Å². The highest BCUT2D eigenvalue weighted by atomic mass is 35.5. The van der Waals surface area contributed by atoms with Crippen molar-refractivity contribution in [1.29, 1.82) is 0 Å². The van der Waals surface area contributed by atoms with Gasteiger partial charge in [-0.1, -0.05) is 0 Å². The van der Waals surface area contributed by atoms with Crippen molar-refractivity contribution in [2.45, 2.75) is 53.1 Å². The number of nitrogens with zero attached hydrogens (tertiary/aromatic N) is 3. The molecule has 0 unspecified atom stereocenters. The van der Waals surface area contributed by atoms with Crippen LogP contribution in [0, 0.1) is 13.8 Å². The van der Waals surface area contributed by atoms with Gasteiger partial charge in [-0.25, -0.2) is 9.67 Å². The molecule has 9 heteroatoms. The molecule has 6 nitrogen and oxygen atoms in total. The van der Waals surface area contributed by atoms with Crippen molar-refractivity contribution in [3.05, 3.63) is 33.6 Å². The first-order valence-electron chi connectivity index (χ1n) is 9.09. The van der Waals surface area contributed by atoms with E-state index in [1.807, 2.05) is 24.6 Å². The molecule has 0 spiro atoms. The zero-order valence-electron chi connectivity index (χ0n) is 17.6. The van der Waals surface area contributed by atoms with E-state index in [2.05, 4.69) is 44.2 Å². The summed E-state index contributed by atoms with van der Waals surface area (Å²) in [6.45, 7) is 12.4. The number of hydrogen-bond acceptors (Lipinski definition) is 5. The van der Waals surface area contributed by atoms with Gasteiger partial charge in [0.25, 0.3) is 5.91 Å². The molecule has 160 valence electrons. The Morgan fingerprint density at radius 1 is 1.28 bits per heavy atom. The molecule has 0 aliphatic carbocycles. The topological polar surface area (TPSA) is 85.8 Å². The fraction of sp³-hybridized carbons (Fsp3) is 0.450. The minimum Gasteiger partial charge on any atom is -0.350 e. The molecule has 0 atom stereocenters. The van der Waals surface area contributed by atoms with Gasteiger partial charge in [-0.2, -0.15) is 5.10 Å². The largest absolute Gasteiger partial charge is 0.350 e. The van der Waals surface area contributed by atoms with E-state index in [1.54, 1.807) is 17.5 Å². The monoisotopic (exact) mass is 457 g/mol. The first kappa shape index (κ1) is 25.4. The number of amides is 1. The Labute approximate surface area is 188 Å². The van der Waals surface area contributed by atoms with Crippen LogP contribution >= 0.6 is 36.2 Å². The number of aromatic nitrogens is 3. The van der Waals surface area contributed by atoms with E-state index in [4.69, 9.17) is 10.7 Å². The van der Waals surface area contributed by atoms with Crippen molar-refractivity contribution < 1.29 is 4.79 Å². The van der Waals surface area contributed by atoms with Crippen LogP contribution in [0.1, 0.15) is 53.8 Å². The van der Waals surface area contributed by atoms with E-state index in [9.17, 15) is 4.79 Å². The zero-order chi connectivity index (χ0) is 19.9. The van der Waals surface area contributed by atoms with Crippen molar-refractivity contribution in [2.75, 3.05) is 6.54 Å². The molecular weight excluding hydrogens is 429 g/mol. The lowest BCUT2D eigenvalue weighted by molar-refractivity contribution is 0.0947. The molecule has 0 radical (unpaired) electrons. The fourth-order valence-corrected chi connectivity index (χ4v) is 3.94. The lowest BCUT2D eigenvalue weighted by Crippen LogP contribution is -2.45. The second-order valence-corrected chi connectivity index (χ2v) is 9.43. The number of hydrogen-bond donors (Lipinski definition) is 2. The third-order valence-corrected chi connectivity index (χ3v) is 5.29. The lowest BCUT2D eigenvalue weighted by Gasteiger charge is -2.19.